The summed E-state index contributed by atoms with van der Waals surface area (Å²) in [5, 5.41) is 3.46. The minimum Gasteiger partial charge on any atom is -0.468 e. The second kappa shape index (κ2) is 6.18. The fourth-order valence-electron chi connectivity index (χ4n) is 3.49. The molecule has 1 fully saturated rings. The molecule has 0 aromatic carbocycles. The van der Waals surface area contributed by atoms with Crippen molar-refractivity contribution < 1.29 is 9.53 Å². The fraction of sp³-hybridized carbons (Fsp3) is 0.750. The van der Waals surface area contributed by atoms with Crippen LogP contribution in [0.1, 0.15) is 57.0 Å². The molecule has 2 unspecified atom stereocenters. The number of nitrogens with zero attached hydrogens (tertiary/aromatic N) is 2. The average molecular weight is 293 g/mol. The summed E-state index contributed by atoms with van der Waals surface area (Å²) < 4.78 is 7.30. The van der Waals surface area contributed by atoms with Gasteiger partial charge in [0.15, 0.2) is 0 Å². The standard InChI is InChI=1S/C16H27N3O2/c1-11(2)18-16(15(20)21-5)8-6-7-14(9-16)19-10-17-12(3)13(19)4/h10-11,14,18H,6-9H2,1-5H3. The topological polar surface area (TPSA) is 56.1 Å². The molecule has 1 aromatic heterocycles. The third kappa shape index (κ3) is 3.12. The summed E-state index contributed by atoms with van der Waals surface area (Å²) in [4.78, 5) is 16.8. The number of carbonyl (C=O) groups excluding carboxylic acids is 1. The van der Waals surface area contributed by atoms with Crippen molar-refractivity contribution in [1.82, 2.24) is 14.9 Å². The summed E-state index contributed by atoms with van der Waals surface area (Å²) in [7, 11) is 1.47. The van der Waals surface area contributed by atoms with Crippen molar-refractivity contribution >= 4 is 5.97 Å². The van der Waals surface area contributed by atoms with Crippen LogP contribution in [0.15, 0.2) is 6.33 Å². The van der Waals surface area contributed by atoms with Crippen LogP contribution in [0.3, 0.4) is 0 Å². The highest BCUT2D eigenvalue weighted by molar-refractivity contribution is 5.81. The summed E-state index contributed by atoms with van der Waals surface area (Å²) >= 11 is 0. The maximum Gasteiger partial charge on any atom is 0.326 e. The summed E-state index contributed by atoms with van der Waals surface area (Å²) in [6, 6.07) is 0.541. The molecule has 0 saturated heterocycles. The first-order valence-electron chi connectivity index (χ1n) is 7.76. The number of carbonyl (C=O) groups is 1. The maximum atomic E-state index is 12.4. The predicted molar refractivity (Wildman–Crippen MR) is 82.2 cm³/mol. The van der Waals surface area contributed by atoms with E-state index in [2.05, 4.69) is 35.6 Å². The normalized spacial score (nSPS) is 26.1. The van der Waals surface area contributed by atoms with E-state index in [0.29, 0.717) is 6.04 Å². The molecule has 0 amide bonds. The molecule has 5 nitrogen and oxygen atoms in total. The lowest BCUT2D eigenvalue weighted by molar-refractivity contribution is -0.151. The van der Waals surface area contributed by atoms with Gasteiger partial charge in [0.2, 0.25) is 0 Å². The Bertz CT molecular complexity index is 510. The molecule has 0 bridgehead atoms. The van der Waals surface area contributed by atoms with Crippen molar-refractivity contribution in [2.45, 2.75) is 71.0 Å². The van der Waals surface area contributed by atoms with Gasteiger partial charge in [0.1, 0.15) is 5.54 Å². The Kier molecular flexibility index (Phi) is 4.71. The van der Waals surface area contributed by atoms with Gasteiger partial charge in [-0.15, -0.1) is 0 Å². The molecule has 2 atom stereocenters. The van der Waals surface area contributed by atoms with Gasteiger partial charge in [0.25, 0.3) is 0 Å². The Morgan fingerprint density at radius 2 is 2.24 bits per heavy atom. The molecule has 1 aromatic rings. The number of imidazole rings is 1. The van der Waals surface area contributed by atoms with E-state index in [4.69, 9.17) is 4.74 Å². The Hall–Kier alpha value is -1.36. The zero-order valence-corrected chi connectivity index (χ0v) is 13.8. The highest BCUT2D eigenvalue weighted by Crippen LogP contribution is 2.37. The molecule has 2 rings (SSSR count). The van der Waals surface area contributed by atoms with Crippen LogP contribution in [0.25, 0.3) is 0 Å². The minimum atomic E-state index is -0.573. The number of ether oxygens (including phenoxy) is 1. The summed E-state index contributed by atoms with van der Waals surface area (Å²) in [5.74, 6) is -0.143. The van der Waals surface area contributed by atoms with E-state index in [1.54, 1.807) is 0 Å². The van der Waals surface area contributed by atoms with Crippen molar-refractivity contribution in [3.63, 3.8) is 0 Å². The molecule has 1 heterocycles. The van der Waals surface area contributed by atoms with E-state index in [9.17, 15) is 4.79 Å². The Morgan fingerprint density at radius 3 is 2.76 bits per heavy atom. The smallest absolute Gasteiger partial charge is 0.326 e. The third-order valence-corrected chi connectivity index (χ3v) is 4.55. The molecular formula is C16H27N3O2. The Balaban J connectivity index is 2.28. The van der Waals surface area contributed by atoms with E-state index in [-0.39, 0.29) is 12.0 Å². The molecule has 0 aliphatic heterocycles. The third-order valence-electron chi connectivity index (χ3n) is 4.55. The zero-order valence-electron chi connectivity index (χ0n) is 13.8. The highest BCUT2D eigenvalue weighted by Gasteiger charge is 2.44. The lowest BCUT2D eigenvalue weighted by atomic mass is 9.78. The van der Waals surface area contributed by atoms with E-state index in [1.807, 2.05) is 13.3 Å². The van der Waals surface area contributed by atoms with E-state index in [0.717, 1.165) is 31.4 Å². The van der Waals surface area contributed by atoms with Crippen molar-refractivity contribution in [2.24, 2.45) is 0 Å². The van der Waals surface area contributed by atoms with Crippen LogP contribution in [0, 0.1) is 13.8 Å². The lowest BCUT2D eigenvalue weighted by Gasteiger charge is -2.41. The van der Waals surface area contributed by atoms with Crippen LogP contribution in [-0.4, -0.2) is 34.2 Å². The maximum absolute atomic E-state index is 12.4. The molecule has 5 heteroatoms. The van der Waals surface area contributed by atoms with Gasteiger partial charge in [-0.1, -0.05) is 0 Å². The number of aromatic nitrogens is 2. The van der Waals surface area contributed by atoms with Gasteiger partial charge in [-0.25, -0.2) is 4.98 Å². The molecular weight excluding hydrogens is 266 g/mol. The summed E-state index contributed by atoms with van der Waals surface area (Å²) in [5.41, 5.74) is 1.67. The molecule has 1 aliphatic rings. The zero-order chi connectivity index (χ0) is 15.6. The highest BCUT2D eigenvalue weighted by atomic mass is 16.5. The van der Waals surface area contributed by atoms with Gasteiger partial charge in [-0.2, -0.15) is 0 Å². The van der Waals surface area contributed by atoms with Crippen LogP contribution in [-0.2, 0) is 9.53 Å². The average Bonchev–Trinajstić information content (AvgIpc) is 2.77. The van der Waals surface area contributed by atoms with Gasteiger partial charge in [0.05, 0.1) is 19.1 Å². The lowest BCUT2D eigenvalue weighted by Crippen LogP contribution is -2.57. The number of hydrogen-bond acceptors (Lipinski definition) is 4. The molecule has 0 radical (unpaired) electrons. The number of esters is 1. The van der Waals surface area contributed by atoms with Crippen LogP contribution in [0.5, 0.6) is 0 Å². The van der Waals surface area contributed by atoms with Gasteiger partial charge < -0.3 is 9.30 Å². The van der Waals surface area contributed by atoms with Crippen LogP contribution in [0.2, 0.25) is 0 Å². The second-order valence-electron chi connectivity index (χ2n) is 6.45. The second-order valence-corrected chi connectivity index (χ2v) is 6.45. The first-order chi connectivity index (χ1) is 9.89. The molecule has 1 saturated carbocycles. The molecule has 118 valence electrons. The SMILES string of the molecule is COC(=O)C1(NC(C)C)CCCC(n2cnc(C)c2C)C1. The Labute approximate surface area is 127 Å². The molecule has 1 aliphatic carbocycles. The number of methoxy groups -OCH3 is 1. The number of nitrogens with one attached hydrogen (secondary N) is 1. The van der Waals surface area contributed by atoms with Crippen molar-refractivity contribution in [2.75, 3.05) is 7.11 Å². The first kappa shape index (κ1) is 16.0. The number of hydrogen-bond donors (Lipinski definition) is 1. The predicted octanol–water partition coefficient (Wildman–Crippen LogP) is 2.52. The van der Waals surface area contributed by atoms with E-state index < -0.39 is 5.54 Å². The largest absolute Gasteiger partial charge is 0.468 e. The fourth-order valence-corrected chi connectivity index (χ4v) is 3.49. The monoisotopic (exact) mass is 293 g/mol. The minimum absolute atomic E-state index is 0.143. The van der Waals surface area contributed by atoms with Gasteiger partial charge in [-0.05, 0) is 53.4 Å². The Morgan fingerprint density at radius 1 is 1.52 bits per heavy atom. The van der Waals surface area contributed by atoms with Crippen molar-refractivity contribution in [1.29, 1.82) is 0 Å². The molecule has 21 heavy (non-hydrogen) atoms. The first-order valence-corrected chi connectivity index (χ1v) is 7.76. The van der Waals surface area contributed by atoms with E-state index in [1.165, 1.54) is 12.8 Å². The number of aryl methyl sites for hydroxylation is 1. The van der Waals surface area contributed by atoms with Crippen molar-refractivity contribution in [3.8, 4) is 0 Å². The summed E-state index contributed by atoms with van der Waals surface area (Å²) in [6.45, 7) is 8.25. The van der Waals surface area contributed by atoms with Crippen LogP contribution in [0.4, 0.5) is 0 Å². The van der Waals surface area contributed by atoms with Gasteiger partial charge in [-0.3, -0.25) is 10.1 Å². The quantitative estimate of drug-likeness (QED) is 0.867. The van der Waals surface area contributed by atoms with E-state index >= 15 is 0 Å². The van der Waals surface area contributed by atoms with Gasteiger partial charge >= 0.3 is 5.97 Å². The molecule has 0 spiro atoms. The number of rotatable bonds is 4. The molecule has 1 N–H and O–H groups in total. The van der Waals surface area contributed by atoms with Crippen LogP contribution >= 0.6 is 0 Å². The van der Waals surface area contributed by atoms with Gasteiger partial charge in [0, 0.05) is 17.8 Å². The summed E-state index contributed by atoms with van der Waals surface area (Å²) in [6.07, 6.45) is 5.58. The van der Waals surface area contributed by atoms with Crippen molar-refractivity contribution in [3.05, 3.63) is 17.7 Å². The van der Waals surface area contributed by atoms with Crippen LogP contribution < -0.4 is 5.32 Å².